The summed E-state index contributed by atoms with van der Waals surface area (Å²) in [7, 11) is 2.20. The average molecular weight is 202 g/mol. The van der Waals surface area contributed by atoms with Crippen LogP contribution in [0.4, 0.5) is 0 Å². The number of hydrogen-bond donors (Lipinski definition) is 1. The van der Waals surface area contributed by atoms with Gasteiger partial charge in [0.2, 0.25) is 0 Å². The second kappa shape index (κ2) is 12.9. The van der Waals surface area contributed by atoms with Gasteiger partial charge in [-0.05, 0) is 39.5 Å². The zero-order valence-electron chi connectivity index (χ0n) is 11.1. The average Bonchev–Trinajstić information content (AvgIpc) is 2.28. The van der Waals surface area contributed by atoms with E-state index in [1.54, 1.807) is 0 Å². The Bertz CT molecular complexity index is 86.3. The summed E-state index contributed by atoms with van der Waals surface area (Å²) >= 11 is 0. The van der Waals surface area contributed by atoms with Gasteiger partial charge in [0.1, 0.15) is 0 Å². The van der Waals surface area contributed by atoms with E-state index in [1.165, 1.54) is 25.9 Å². The smallest absolute Gasteiger partial charge is 0.00912 e. The maximum absolute atomic E-state index is 3.48. The fraction of sp³-hybridized carbons (Fsp3) is 1.00. The first-order chi connectivity index (χ1) is 6.83. The molecule has 0 atom stereocenters. The minimum atomic E-state index is 0.793. The molecule has 1 aliphatic heterocycles. The summed E-state index contributed by atoms with van der Waals surface area (Å²) < 4.78 is 0. The molecule has 0 bridgehead atoms. The van der Waals surface area contributed by atoms with E-state index in [0.29, 0.717) is 0 Å². The predicted octanol–water partition coefficient (Wildman–Crippen LogP) is 2.74. The third kappa shape index (κ3) is 8.52. The second-order valence-corrected chi connectivity index (χ2v) is 3.14. The van der Waals surface area contributed by atoms with Gasteiger partial charge in [-0.25, -0.2) is 0 Å². The van der Waals surface area contributed by atoms with Crippen LogP contribution in [0.5, 0.6) is 0 Å². The summed E-state index contributed by atoms with van der Waals surface area (Å²) in [4.78, 5) is 2.40. The molecule has 0 unspecified atom stereocenters. The summed E-state index contributed by atoms with van der Waals surface area (Å²) in [5.41, 5.74) is 0. The van der Waals surface area contributed by atoms with Crippen LogP contribution < -0.4 is 5.32 Å². The third-order valence-corrected chi connectivity index (χ3v) is 2.21. The van der Waals surface area contributed by atoms with E-state index in [9.17, 15) is 0 Å². The highest BCUT2D eigenvalue weighted by Gasteiger charge is 2.14. The molecule has 1 fully saturated rings. The Morgan fingerprint density at radius 3 is 1.86 bits per heavy atom. The molecule has 0 spiro atoms. The maximum atomic E-state index is 3.48. The van der Waals surface area contributed by atoms with E-state index >= 15 is 0 Å². The Morgan fingerprint density at radius 1 is 1.07 bits per heavy atom. The van der Waals surface area contributed by atoms with Crippen molar-refractivity contribution in [3.05, 3.63) is 0 Å². The fourth-order valence-electron chi connectivity index (χ4n) is 1.50. The molecule has 0 radical (unpaired) electrons. The molecule has 0 saturated carbocycles. The van der Waals surface area contributed by atoms with Gasteiger partial charge in [0.15, 0.2) is 0 Å². The lowest BCUT2D eigenvalue weighted by Gasteiger charge is -2.29. The first kappa shape index (κ1) is 16.4. The van der Waals surface area contributed by atoms with Crippen LogP contribution in [-0.4, -0.2) is 37.6 Å². The lowest BCUT2D eigenvalue weighted by Crippen LogP contribution is -2.40. The van der Waals surface area contributed by atoms with Gasteiger partial charge in [-0.3, -0.25) is 0 Å². The van der Waals surface area contributed by atoms with Crippen LogP contribution in [0, 0.1) is 0 Å². The molecule has 1 aliphatic rings. The van der Waals surface area contributed by atoms with E-state index in [0.717, 1.165) is 12.6 Å². The van der Waals surface area contributed by atoms with Gasteiger partial charge in [0.05, 0.1) is 0 Å². The fourth-order valence-corrected chi connectivity index (χ4v) is 1.50. The van der Waals surface area contributed by atoms with Crippen molar-refractivity contribution in [2.75, 3.05) is 26.7 Å². The highest BCUT2D eigenvalue weighted by molar-refractivity contribution is 4.74. The molecular weight excluding hydrogens is 172 g/mol. The van der Waals surface area contributed by atoms with E-state index < -0.39 is 0 Å². The molecule has 2 nitrogen and oxygen atoms in total. The maximum Gasteiger partial charge on any atom is 0.00912 e. The third-order valence-electron chi connectivity index (χ3n) is 2.21. The summed E-state index contributed by atoms with van der Waals surface area (Å²) in [5.74, 6) is 0. The lowest BCUT2D eigenvalue weighted by molar-refractivity contribution is 0.236. The summed E-state index contributed by atoms with van der Waals surface area (Å²) in [6, 6.07) is 0.793. The molecule has 1 rings (SSSR count). The number of piperidine rings is 1. The summed E-state index contributed by atoms with van der Waals surface area (Å²) in [6.45, 7) is 13.8. The summed E-state index contributed by atoms with van der Waals surface area (Å²) in [5, 5.41) is 3.48. The van der Waals surface area contributed by atoms with Crippen LogP contribution in [0.2, 0.25) is 0 Å². The van der Waals surface area contributed by atoms with Gasteiger partial charge in [0.25, 0.3) is 0 Å². The molecule has 0 aliphatic carbocycles. The molecule has 0 amide bonds. The van der Waals surface area contributed by atoms with Crippen molar-refractivity contribution in [1.82, 2.24) is 10.2 Å². The zero-order chi connectivity index (χ0) is 11.4. The Balaban J connectivity index is 0. The SMILES string of the molecule is CC.CC.CCNC1CCN(C)CC1. The van der Waals surface area contributed by atoms with Gasteiger partial charge < -0.3 is 10.2 Å². The number of likely N-dealkylation sites (tertiary alicyclic amines) is 1. The Labute approximate surface area is 91.1 Å². The van der Waals surface area contributed by atoms with Crippen molar-refractivity contribution in [2.45, 2.75) is 53.5 Å². The van der Waals surface area contributed by atoms with Crippen LogP contribution in [0.3, 0.4) is 0 Å². The molecule has 88 valence electrons. The molecular formula is C12H30N2. The van der Waals surface area contributed by atoms with Gasteiger partial charge >= 0.3 is 0 Å². The standard InChI is InChI=1S/C8H18N2.2C2H6/c1-3-9-8-4-6-10(2)7-5-8;2*1-2/h8-9H,3-7H2,1-2H3;2*1-2H3. The highest BCUT2D eigenvalue weighted by Crippen LogP contribution is 2.07. The molecule has 0 aromatic carbocycles. The normalized spacial score (nSPS) is 17.6. The number of nitrogens with one attached hydrogen (secondary N) is 1. The van der Waals surface area contributed by atoms with Gasteiger partial charge in [-0.15, -0.1) is 0 Å². The highest BCUT2D eigenvalue weighted by atomic mass is 15.1. The number of nitrogens with zero attached hydrogens (tertiary/aromatic N) is 1. The first-order valence-electron chi connectivity index (χ1n) is 6.25. The van der Waals surface area contributed by atoms with E-state index in [4.69, 9.17) is 0 Å². The summed E-state index contributed by atoms with van der Waals surface area (Å²) in [6.07, 6.45) is 2.65. The molecule has 1 saturated heterocycles. The predicted molar refractivity (Wildman–Crippen MR) is 66.9 cm³/mol. The Hall–Kier alpha value is -0.0800. The monoisotopic (exact) mass is 202 g/mol. The largest absolute Gasteiger partial charge is 0.314 e. The minimum absolute atomic E-state index is 0.793. The van der Waals surface area contributed by atoms with E-state index in [-0.39, 0.29) is 0 Å². The quantitative estimate of drug-likeness (QED) is 0.741. The zero-order valence-corrected chi connectivity index (χ0v) is 11.1. The van der Waals surface area contributed by atoms with Crippen molar-refractivity contribution < 1.29 is 0 Å². The van der Waals surface area contributed by atoms with Crippen molar-refractivity contribution in [3.63, 3.8) is 0 Å². The Morgan fingerprint density at radius 2 is 1.50 bits per heavy atom. The van der Waals surface area contributed by atoms with E-state index in [2.05, 4.69) is 24.2 Å². The van der Waals surface area contributed by atoms with Crippen LogP contribution in [0.25, 0.3) is 0 Å². The second-order valence-electron chi connectivity index (χ2n) is 3.14. The number of rotatable bonds is 2. The van der Waals surface area contributed by atoms with Crippen molar-refractivity contribution in [2.24, 2.45) is 0 Å². The minimum Gasteiger partial charge on any atom is -0.314 e. The molecule has 1 N–H and O–H groups in total. The number of hydrogen-bond acceptors (Lipinski definition) is 2. The van der Waals surface area contributed by atoms with E-state index in [1.807, 2.05) is 27.7 Å². The van der Waals surface area contributed by atoms with Crippen LogP contribution >= 0.6 is 0 Å². The van der Waals surface area contributed by atoms with Crippen LogP contribution in [0.1, 0.15) is 47.5 Å². The molecule has 14 heavy (non-hydrogen) atoms. The van der Waals surface area contributed by atoms with Gasteiger partial charge in [-0.1, -0.05) is 34.6 Å². The molecule has 0 aromatic heterocycles. The Kier molecular flexibility index (Phi) is 15.1. The van der Waals surface area contributed by atoms with Crippen LogP contribution in [-0.2, 0) is 0 Å². The van der Waals surface area contributed by atoms with Crippen molar-refractivity contribution in [1.29, 1.82) is 0 Å². The van der Waals surface area contributed by atoms with Crippen LogP contribution in [0.15, 0.2) is 0 Å². The molecule has 0 aromatic rings. The molecule has 2 heteroatoms. The van der Waals surface area contributed by atoms with Gasteiger partial charge in [0, 0.05) is 6.04 Å². The van der Waals surface area contributed by atoms with Crippen molar-refractivity contribution in [3.8, 4) is 0 Å². The lowest BCUT2D eigenvalue weighted by atomic mass is 10.1. The molecule has 1 heterocycles. The topological polar surface area (TPSA) is 15.3 Å². The van der Waals surface area contributed by atoms with Gasteiger partial charge in [-0.2, -0.15) is 0 Å². The first-order valence-corrected chi connectivity index (χ1v) is 6.25. The van der Waals surface area contributed by atoms with Crippen molar-refractivity contribution >= 4 is 0 Å².